The van der Waals surface area contributed by atoms with Gasteiger partial charge in [-0.3, -0.25) is 14.5 Å². The van der Waals surface area contributed by atoms with E-state index in [4.69, 9.17) is 26.4 Å². The van der Waals surface area contributed by atoms with Crippen molar-refractivity contribution >= 4 is 29.5 Å². The third-order valence-corrected chi connectivity index (χ3v) is 7.30. The van der Waals surface area contributed by atoms with Gasteiger partial charge in [0.2, 0.25) is 12.7 Å². The zero-order valence-electron chi connectivity index (χ0n) is 17.5. The molecule has 0 aliphatic carbocycles. The number of carbonyl (C=O) groups excluding carboxylic acids is 1. The van der Waals surface area contributed by atoms with E-state index in [1.165, 1.54) is 0 Å². The summed E-state index contributed by atoms with van der Waals surface area (Å²) < 4.78 is 19.0. The lowest BCUT2D eigenvalue weighted by molar-refractivity contribution is -0.121. The van der Waals surface area contributed by atoms with Crippen LogP contribution in [0.1, 0.15) is 24.8 Å². The molecule has 5 rings (SSSR count). The number of aromatic nitrogens is 3. The maximum atomic E-state index is 12.8. The van der Waals surface area contributed by atoms with Gasteiger partial charge >= 0.3 is 0 Å². The first-order chi connectivity index (χ1) is 15.6. The molecule has 1 fully saturated rings. The number of ether oxygens (including phenoxy) is 3. The third kappa shape index (κ3) is 4.17. The number of rotatable bonds is 7. The van der Waals surface area contributed by atoms with Gasteiger partial charge in [-0.25, -0.2) is 0 Å². The molecule has 0 unspecified atom stereocenters. The average molecular weight is 473 g/mol. The summed E-state index contributed by atoms with van der Waals surface area (Å²) in [5, 5.41) is 12.3. The van der Waals surface area contributed by atoms with Crippen LogP contribution >= 0.6 is 23.6 Å². The highest BCUT2D eigenvalue weighted by atomic mass is 32.1. The molecule has 1 amide bonds. The number of H-pyrrole nitrogens is 1. The van der Waals surface area contributed by atoms with Crippen LogP contribution in [0.5, 0.6) is 11.5 Å². The average Bonchev–Trinajstić information content (AvgIpc) is 3.57. The molecule has 4 heterocycles. The van der Waals surface area contributed by atoms with Crippen LogP contribution in [0.2, 0.25) is 0 Å². The van der Waals surface area contributed by atoms with Crippen molar-refractivity contribution < 1.29 is 19.0 Å². The van der Waals surface area contributed by atoms with Gasteiger partial charge in [0.15, 0.2) is 22.1 Å². The molecule has 0 spiro atoms. The number of aromatic amines is 1. The van der Waals surface area contributed by atoms with Gasteiger partial charge in [-0.15, -0.1) is 11.3 Å². The van der Waals surface area contributed by atoms with E-state index in [0.29, 0.717) is 37.5 Å². The van der Waals surface area contributed by atoms with E-state index >= 15 is 0 Å². The predicted molar refractivity (Wildman–Crippen MR) is 123 cm³/mol. The summed E-state index contributed by atoms with van der Waals surface area (Å²) in [5.74, 6) is 2.27. The minimum absolute atomic E-state index is 0.0168. The second kappa shape index (κ2) is 9.05. The zero-order chi connectivity index (χ0) is 22.0. The lowest BCUT2D eigenvalue weighted by atomic mass is 9.74. The van der Waals surface area contributed by atoms with Crippen LogP contribution in [0.3, 0.4) is 0 Å². The Morgan fingerprint density at radius 3 is 2.91 bits per heavy atom. The van der Waals surface area contributed by atoms with Crippen molar-refractivity contribution in [1.82, 2.24) is 20.1 Å². The van der Waals surface area contributed by atoms with Crippen molar-refractivity contribution in [3.05, 3.63) is 46.0 Å². The highest BCUT2D eigenvalue weighted by Gasteiger charge is 2.36. The second-order valence-corrected chi connectivity index (χ2v) is 9.30. The Morgan fingerprint density at radius 1 is 1.25 bits per heavy atom. The summed E-state index contributed by atoms with van der Waals surface area (Å²) in [4.78, 5) is 13.8. The molecule has 0 radical (unpaired) electrons. The summed E-state index contributed by atoms with van der Waals surface area (Å²) in [5.41, 5.74) is 0.950. The number of benzene rings is 1. The summed E-state index contributed by atoms with van der Waals surface area (Å²) >= 11 is 6.96. The number of carbonyl (C=O) groups is 1. The van der Waals surface area contributed by atoms with Gasteiger partial charge in [-0.05, 0) is 54.2 Å². The maximum Gasteiger partial charge on any atom is 0.231 e. The Bertz CT molecular complexity index is 1150. The molecule has 2 aromatic heterocycles. The molecular weight excluding hydrogens is 448 g/mol. The molecule has 0 bridgehead atoms. The molecule has 0 atom stereocenters. The molecule has 2 aliphatic heterocycles. The highest BCUT2D eigenvalue weighted by Crippen LogP contribution is 2.40. The molecule has 1 saturated heterocycles. The molecule has 2 aliphatic rings. The smallest absolute Gasteiger partial charge is 0.231 e. The molecule has 8 nitrogen and oxygen atoms in total. The number of hydrogen-bond acceptors (Lipinski definition) is 7. The van der Waals surface area contributed by atoms with Crippen molar-refractivity contribution in [3.63, 3.8) is 0 Å². The fourth-order valence-electron chi connectivity index (χ4n) is 4.24. The molecular formula is C22H24N4O4S2. The van der Waals surface area contributed by atoms with Gasteiger partial charge in [0, 0.05) is 38.1 Å². The third-order valence-electron chi connectivity index (χ3n) is 6.12. The van der Waals surface area contributed by atoms with E-state index in [-0.39, 0.29) is 18.1 Å². The van der Waals surface area contributed by atoms with Gasteiger partial charge in [-0.1, -0.05) is 12.1 Å². The van der Waals surface area contributed by atoms with Gasteiger partial charge in [0.1, 0.15) is 0 Å². The molecule has 10 heteroatoms. The van der Waals surface area contributed by atoms with Crippen molar-refractivity contribution in [2.24, 2.45) is 0 Å². The van der Waals surface area contributed by atoms with Crippen LogP contribution < -0.4 is 14.8 Å². The molecule has 168 valence electrons. The fraction of sp³-hybridized carbons (Fsp3) is 0.409. The van der Waals surface area contributed by atoms with E-state index in [1.807, 2.05) is 34.2 Å². The quantitative estimate of drug-likeness (QED) is 0.510. The predicted octanol–water partition coefficient (Wildman–Crippen LogP) is 3.65. The molecule has 1 aromatic carbocycles. The number of nitrogens with zero attached hydrogens (tertiary/aromatic N) is 2. The number of fused-ring (bicyclic) bond motifs is 1. The molecule has 3 aromatic rings. The van der Waals surface area contributed by atoms with E-state index in [9.17, 15) is 4.79 Å². The first-order valence-electron chi connectivity index (χ1n) is 10.6. The Balaban J connectivity index is 1.26. The van der Waals surface area contributed by atoms with Crippen LogP contribution in [0.15, 0.2) is 35.7 Å². The lowest BCUT2D eigenvalue weighted by Gasteiger charge is -2.38. The summed E-state index contributed by atoms with van der Waals surface area (Å²) in [6, 6.07) is 10.0. The van der Waals surface area contributed by atoms with Gasteiger partial charge in [0.25, 0.3) is 0 Å². The lowest BCUT2D eigenvalue weighted by Crippen LogP contribution is -2.44. The monoisotopic (exact) mass is 472 g/mol. The first-order valence-corrected chi connectivity index (χ1v) is 11.9. The largest absolute Gasteiger partial charge is 0.454 e. The molecule has 2 N–H and O–H groups in total. The van der Waals surface area contributed by atoms with Crippen LogP contribution in [0.25, 0.3) is 10.7 Å². The Morgan fingerprint density at radius 2 is 2.09 bits per heavy atom. The van der Waals surface area contributed by atoms with E-state index in [0.717, 1.165) is 40.6 Å². The Labute approximate surface area is 194 Å². The normalized spacial score (nSPS) is 16.8. The minimum Gasteiger partial charge on any atom is -0.454 e. The van der Waals surface area contributed by atoms with Gasteiger partial charge < -0.3 is 19.5 Å². The molecule has 0 saturated carbocycles. The fourth-order valence-corrected chi connectivity index (χ4v) is 5.19. The van der Waals surface area contributed by atoms with Crippen LogP contribution in [0, 0.1) is 4.77 Å². The highest BCUT2D eigenvalue weighted by molar-refractivity contribution is 7.71. The van der Waals surface area contributed by atoms with Gasteiger partial charge in [0.05, 0.1) is 4.88 Å². The number of nitrogens with one attached hydrogen (secondary N) is 2. The summed E-state index contributed by atoms with van der Waals surface area (Å²) in [6.07, 6.45) is 1.99. The van der Waals surface area contributed by atoms with Crippen molar-refractivity contribution in [1.29, 1.82) is 0 Å². The van der Waals surface area contributed by atoms with E-state index in [1.54, 1.807) is 11.3 Å². The molecule has 32 heavy (non-hydrogen) atoms. The minimum atomic E-state index is -0.191. The number of thiophene rings is 1. The van der Waals surface area contributed by atoms with E-state index in [2.05, 4.69) is 21.6 Å². The van der Waals surface area contributed by atoms with E-state index < -0.39 is 0 Å². The first kappa shape index (κ1) is 21.2. The number of hydrogen-bond donors (Lipinski definition) is 2. The zero-order valence-corrected chi connectivity index (χ0v) is 19.1. The standard InChI is InChI=1S/C22H24N4O4S2/c27-19(5-8-26-20(24-25-21(26)31)18-2-1-11-32-18)23-13-22(6-9-28-10-7-22)15-3-4-16-17(12-15)30-14-29-16/h1-4,11-12H,5-10,13-14H2,(H,23,27)(H,25,31). The van der Waals surface area contributed by atoms with Crippen molar-refractivity contribution in [3.8, 4) is 22.2 Å². The van der Waals surface area contributed by atoms with Gasteiger partial charge in [-0.2, -0.15) is 5.10 Å². The summed E-state index contributed by atoms with van der Waals surface area (Å²) in [7, 11) is 0. The number of amides is 1. The maximum absolute atomic E-state index is 12.8. The summed E-state index contributed by atoms with van der Waals surface area (Å²) in [6.45, 7) is 2.59. The van der Waals surface area contributed by atoms with Crippen LogP contribution in [-0.2, 0) is 21.5 Å². The Hall–Kier alpha value is -2.69. The van der Waals surface area contributed by atoms with Crippen LogP contribution in [0.4, 0.5) is 0 Å². The van der Waals surface area contributed by atoms with Crippen molar-refractivity contribution in [2.75, 3.05) is 26.6 Å². The second-order valence-electron chi connectivity index (χ2n) is 7.97. The SMILES string of the molecule is O=C(CCn1c(-c2cccs2)n[nH]c1=S)NCC1(c2ccc3c(c2)OCO3)CCOCC1. The van der Waals surface area contributed by atoms with Crippen molar-refractivity contribution in [2.45, 2.75) is 31.2 Å². The topological polar surface area (TPSA) is 90.4 Å². The Kier molecular flexibility index (Phi) is 5.99. The van der Waals surface area contributed by atoms with Crippen LogP contribution in [-0.4, -0.2) is 47.2 Å².